The van der Waals surface area contributed by atoms with Crippen LogP contribution in [-0.4, -0.2) is 38.7 Å². The van der Waals surface area contributed by atoms with E-state index in [0.717, 1.165) is 54.0 Å². The molecule has 2 atom stereocenters. The van der Waals surface area contributed by atoms with Crippen LogP contribution in [0.15, 0.2) is 65.0 Å². The van der Waals surface area contributed by atoms with Crippen LogP contribution in [0.1, 0.15) is 75.3 Å². The summed E-state index contributed by atoms with van der Waals surface area (Å²) in [6, 6.07) is 13.5. The summed E-state index contributed by atoms with van der Waals surface area (Å²) in [5, 5.41) is 3.44. The highest BCUT2D eigenvalue weighted by Crippen LogP contribution is 2.47. The zero-order valence-electron chi connectivity index (χ0n) is 23.2. The molecule has 5 rings (SSSR count). The van der Waals surface area contributed by atoms with Gasteiger partial charge in [0.1, 0.15) is 11.9 Å². The van der Waals surface area contributed by atoms with E-state index in [9.17, 15) is 9.59 Å². The summed E-state index contributed by atoms with van der Waals surface area (Å²) in [5.74, 6) is 1.12. The molecule has 0 saturated heterocycles. The number of esters is 1. The number of dihydropyridines is 1. The number of carbonyl (C=O) groups is 2. The average molecular weight is 532 g/mol. The molecule has 2 aromatic carbocycles. The maximum atomic E-state index is 13.9. The van der Waals surface area contributed by atoms with Gasteiger partial charge >= 0.3 is 5.97 Å². The summed E-state index contributed by atoms with van der Waals surface area (Å²) in [6.07, 6.45) is 4.84. The van der Waals surface area contributed by atoms with Gasteiger partial charge in [0.2, 0.25) is 0 Å². The maximum Gasteiger partial charge on any atom is 0.337 e. The molecular formula is C32H37NO6. The van der Waals surface area contributed by atoms with Crippen molar-refractivity contribution in [3.63, 3.8) is 0 Å². The van der Waals surface area contributed by atoms with Crippen molar-refractivity contribution in [2.75, 3.05) is 20.8 Å². The first-order valence-electron chi connectivity index (χ1n) is 13.8. The second kappa shape index (κ2) is 11.6. The smallest absolute Gasteiger partial charge is 0.337 e. The molecule has 2 aromatic rings. The SMILES string of the molecule is CCOc1ccc([C@@H]2C(C(=O)OC3CCCC3)=C(C)NC3=C2C(=O)C[C@H](c2ccc(OC)cc2)C3)cc1OC. The van der Waals surface area contributed by atoms with Gasteiger partial charge in [-0.3, -0.25) is 4.79 Å². The van der Waals surface area contributed by atoms with Crippen molar-refractivity contribution < 1.29 is 28.5 Å². The van der Waals surface area contributed by atoms with Gasteiger partial charge in [0.15, 0.2) is 17.3 Å². The monoisotopic (exact) mass is 531 g/mol. The van der Waals surface area contributed by atoms with Crippen LogP contribution >= 0.6 is 0 Å². The fraction of sp³-hybridized carbons (Fsp3) is 0.438. The molecule has 0 bridgehead atoms. The van der Waals surface area contributed by atoms with Crippen LogP contribution in [0.3, 0.4) is 0 Å². The molecule has 2 aliphatic carbocycles. The summed E-state index contributed by atoms with van der Waals surface area (Å²) in [7, 11) is 3.24. The maximum absolute atomic E-state index is 13.9. The lowest BCUT2D eigenvalue weighted by Crippen LogP contribution is -2.36. The second-order valence-corrected chi connectivity index (χ2v) is 10.4. The van der Waals surface area contributed by atoms with Gasteiger partial charge in [-0.05, 0) is 87.3 Å². The number of ketones is 1. The van der Waals surface area contributed by atoms with Gasteiger partial charge in [0.05, 0.1) is 26.4 Å². The number of Topliss-reactive ketones (excluding diaryl/α,β-unsaturated/α-hetero) is 1. The molecule has 1 N–H and O–H groups in total. The normalized spacial score (nSPS) is 21.4. The molecule has 0 radical (unpaired) electrons. The molecule has 1 aliphatic heterocycles. The third-order valence-electron chi connectivity index (χ3n) is 8.03. The molecule has 206 valence electrons. The molecule has 0 unspecified atom stereocenters. The largest absolute Gasteiger partial charge is 0.497 e. The molecule has 0 spiro atoms. The first kappa shape index (κ1) is 26.9. The van der Waals surface area contributed by atoms with Crippen molar-refractivity contribution in [2.45, 2.75) is 70.3 Å². The highest BCUT2D eigenvalue weighted by Gasteiger charge is 2.42. The van der Waals surface area contributed by atoms with E-state index < -0.39 is 5.92 Å². The van der Waals surface area contributed by atoms with Crippen LogP contribution in [0.5, 0.6) is 17.2 Å². The van der Waals surface area contributed by atoms with Crippen molar-refractivity contribution in [3.05, 3.63) is 76.1 Å². The van der Waals surface area contributed by atoms with E-state index in [1.54, 1.807) is 14.2 Å². The average Bonchev–Trinajstić information content (AvgIpc) is 3.45. The van der Waals surface area contributed by atoms with Gasteiger partial charge < -0.3 is 24.3 Å². The number of hydrogen-bond acceptors (Lipinski definition) is 7. The van der Waals surface area contributed by atoms with E-state index in [1.165, 1.54) is 0 Å². The van der Waals surface area contributed by atoms with Gasteiger partial charge in [-0.1, -0.05) is 18.2 Å². The summed E-state index contributed by atoms with van der Waals surface area (Å²) in [4.78, 5) is 27.6. The first-order chi connectivity index (χ1) is 18.9. The van der Waals surface area contributed by atoms with Crippen LogP contribution in [0.4, 0.5) is 0 Å². The second-order valence-electron chi connectivity index (χ2n) is 10.4. The number of benzene rings is 2. The van der Waals surface area contributed by atoms with Crippen LogP contribution < -0.4 is 19.5 Å². The predicted octanol–water partition coefficient (Wildman–Crippen LogP) is 5.95. The number of rotatable bonds is 8. The Morgan fingerprint density at radius 1 is 0.949 bits per heavy atom. The lowest BCUT2D eigenvalue weighted by atomic mass is 9.71. The third kappa shape index (κ3) is 5.40. The topological polar surface area (TPSA) is 83.1 Å². The van der Waals surface area contributed by atoms with Gasteiger partial charge in [-0.25, -0.2) is 4.79 Å². The highest BCUT2D eigenvalue weighted by molar-refractivity contribution is 6.04. The molecule has 0 aromatic heterocycles. The minimum Gasteiger partial charge on any atom is -0.497 e. The van der Waals surface area contributed by atoms with E-state index in [1.807, 2.05) is 56.3 Å². The van der Waals surface area contributed by atoms with E-state index in [2.05, 4.69) is 5.32 Å². The standard InChI is InChI=1S/C32H37NO6/c1-5-38-27-15-12-21(18-28(27)37-4)30-29(32(35)39-24-8-6-7-9-24)19(2)33-25-16-22(17-26(34)31(25)30)20-10-13-23(36-3)14-11-20/h10-15,18,22,24,30,33H,5-9,16-17H2,1-4H3/t22-,30-/m1/s1. The number of ether oxygens (including phenoxy) is 4. The van der Waals surface area contributed by atoms with Gasteiger partial charge in [0, 0.05) is 29.3 Å². The van der Waals surface area contributed by atoms with Crippen LogP contribution in [0.25, 0.3) is 0 Å². The minimum absolute atomic E-state index is 0.0288. The Morgan fingerprint density at radius 2 is 1.67 bits per heavy atom. The summed E-state index contributed by atoms with van der Waals surface area (Å²) in [5.41, 5.74) is 4.60. The molecule has 3 aliphatic rings. The lowest BCUT2D eigenvalue weighted by molar-refractivity contribution is -0.144. The van der Waals surface area contributed by atoms with E-state index in [4.69, 9.17) is 18.9 Å². The number of hydrogen-bond donors (Lipinski definition) is 1. The molecule has 7 heteroatoms. The number of nitrogens with one attached hydrogen (secondary N) is 1. The molecule has 39 heavy (non-hydrogen) atoms. The number of carbonyl (C=O) groups excluding carboxylic acids is 2. The van der Waals surface area contributed by atoms with Crippen molar-refractivity contribution in [1.29, 1.82) is 0 Å². The van der Waals surface area contributed by atoms with Crippen LogP contribution in [0.2, 0.25) is 0 Å². The van der Waals surface area contributed by atoms with E-state index >= 15 is 0 Å². The van der Waals surface area contributed by atoms with E-state index in [0.29, 0.717) is 42.1 Å². The molecular weight excluding hydrogens is 494 g/mol. The molecule has 7 nitrogen and oxygen atoms in total. The lowest BCUT2D eigenvalue weighted by Gasteiger charge is -2.37. The molecule has 1 saturated carbocycles. The summed E-state index contributed by atoms with van der Waals surface area (Å²) in [6.45, 7) is 4.32. The molecule has 1 heterocycles. The van der Waals surface area contributed by atoms with Crippen LogP contribution in [-0.2, 0) is 14.3 Å². The zero-order chi connectivity index (χ0) is 27.5. The van der Waals surface area contributed by atoms with Crippen molar-refractivity contribution in [2.24, 2.45) is 0 Å². The van der Waals surface area contributed by atoms with Gasteiger partial charge in [-0.15, -0.1) is 0 Å². The minimum atomic E-state index is -0.552. The Labute approximate surface area is 230 Å². The van der Waals surface area contributed by atoms with Crippen molar-refractivity contribution in [3.8, 4) is 17.2 Å². The van der Waals surface area contributed by atoms with Gasteiger partial charge in [-0.2, -0.15) is 0 Å². The summed E-state index contributed by atoms with van der Waals surface area (Å²) < 4.78 is 22.7. The van der Waals surface area contributed by atoms with Crippen molar-refractivity contribution in [1.82, 2.24) is 5.32 Å². The van der Waals surface area contributed by atoms with Gasteiger partial charge in [0.25, 0.3) is 0 Å². The molecule has 0 amide bonds. The third-order valence-corrected chi connectivity index (χ3v) is 8.03. The fourth-order valence-corrected chi connectivity index (χ4v) is 6.11. The number of allylic oxidation sites excluding steroid dienone is 3. The predicted molar refractivity (Wildman–Crippen MR) is 148 cm³/mol. The zero-order valence-corrected chi connectivity index (χ0v) is 23.2. The van der Waals surface area contributed by atoms with Crippen molar-refractivity contribution >= 4 is 11.8 Å². The Morgan fingerprint density at radius 3 is 2.33 bits per heavy atom. The molecule has 1 fully saturated rings. The Bertz CT molecular complexity index is 1300. The Hall–Kier alpha value is -3.74. The highest BCUT2D eigenvalue weighted by atomic mass is 16.5. The number of methoxy groups -OCH3 is 2. The van der Waals surface area contributed by atoms with E-state index in [-0.39, 0.29) is 23.8 Å². The Kier molecular flexibility index (Phi) is 7.96. The fourth-order valence-electron chi connectivity index (χ4n) is 6.11. The van der Waals surface area contributed by atoms with Crippen LogP contribution in [0, 0.1) is 0 Å². The quantitative estimate of drug-likeness (QED) is 0.422. The Balaban J connectivity index is 1.55. The first-order valence-corrected chi connectivity index (χ1v) is 13.8. The summed E-state index contributed by atoms with van der Waals surface area (Å²) >= 11 is 0.